The summed E-state index contributed by atoms with van der Waals surface area (Å²) < 4.78 is 0. The fourth-order valence-corrected chi connectivity index (χ4v) is 1.20. The summed E-state index contributed by atoms with van der Waals surface area (Å²) in [5, 5.41) is 8.86. The van der Waals surface area contributed by atoms with Gasteiger partial charge in [-0.3, -0.25) is 19.7 Å². The summed E-state index contributed by atoms with van der Waals surface area (Å²) in [7, 11) is 0. The lowest BCUT2D eigenvalue weighted by molar-refractivity contribution is 0.0990. The number of carbonyl (C=O) groups is 2. The lowest BCUT2D eigenvalue weighted by atomic mass is 10.2. The molecule has 17 heavy (non-hydrogen) atoms. The Morgan fingerprint density at radius 1 is 1.29 bits per heavy atom. The van der Waals surface area contributed by atoms with Crippen LogP contribution in [-0.2, 0) is 0 Å². The Morgan fingerprint density at radius 3 is 2.65 bits per heavy atom. The number of hydrogen-bond acceptors (Lipinski definition) is 4. The molecule has 0 aliphatic heterocycles. The van der Waals surface area contributed by atoms with Gasteiger partial charge in [0.15, 0.2) is 0 Å². The van der Waals surface area contributed by atoms with Crippen molar-refractivity contribution in [3.05, 3.63) is 42.0 Å². The van der Waals surface area contributed by atoms with Crippen LogP contribution in [0.5, 0.6) is 0 Å². The van der Waals surface area contributed by atoms with E-state index >= 15 is 0 Å². The summed E-state index contributed by atoms with van der Waals surface area (Å²) in [6.07, 6.45) is 4.31. The smallest absolute Gasteiger partial charge is 0.267 e. The van der Waals surface area contributed by atoms with Crippen molar-refractivity contribution in [3.63, 3.8) is 0 Å². The van der Waals surface area contributed by atoms with Crippen LogP contribution in [0.4, 0.5) is 5.69 Å². The normalized spacial score (nSPS) is 9.88. The number of hydrogen-bond donors (Lipinski definition) is 3. The van der Waals surface area contributed by atoms with Crippen LogP contribution in [0.25, 0.3) is 0 Å². The highest BCUT2D eigenvalue weighted by atomic mass is 16.2. The standard InChI is InChI=1S/C10H9N5O2/c11-9(16)8-2-1-6(3-12-8)10(17)15-7-4-13-14-5-7/h1-5H,(H2,11,16)(H,13,14)(H,15,17). The number of aromatic amines is 1. The van der Waals surface area contributed by atoms with Crippen molar-refractivity contribution >= 4 is 17.5 Å². The molecule has 7 nitrogen and oxygen atoms in total. The molecule has 2 aromatic rings. The van der Waals surface area contributed by atoms with Crippen LogP contribution in [-0.4, -0.2) is 27.0 Å². The molecule has 2 amide bonds. The molecule has 0 aromatic carbocycles. The monoisotopic (exact) mass is 231 g/mol. The van der Waals surface area contributed by atoms with Gasteiger partial charge in [0, 0.05) is 12.4 Å². The van der Waals surface area contributed by atoms with E-state index in [2.05, 4.69) is 20.5 Å². The summed E-state index contributed by atoms with van der Waals surface area (Å²) in [5.74, 6) is -0.971. The van der Waals surface area contributed by atoms with Gasteiger partial charge in [0.25, 0.3) is 11.8 Å². The van der Waals surface area contributed by atoms with Gasteiger partial charge in [0.1, 0.15) is 5.69 Å². The van der Waals surface area contributed by atoms with Crippen LogP contribution in [0, 0.1) is 0 Å². The topological polar surface area (TPSA) is 114 Å². The summed E-state index contributed by atoms with van der Waals surface area (Å²) in [6, 6.07) is 2.87. The minimum atomic E-state index is -0.633. The second-order valence-corrected chi connectivity index (χ2v) is 3.24. The van der Waals surface area contributed by atoms with Gasteiger partial charge < -0.3 is 11.1 Å². The molecule has 2 aromatic heterocycles. The lowest BCUT2D eigenvalue weighted by Gasteiger charge is -2.02. The van der Waals surface area contributed by atoms with E-state index in [0.717, 1.165) is 0 Å². The molecule has 0 bridgehead atoms. The van der Waals surface area contributed by atoms with E-state index in [1.165, 1.54) is 24.5 Å². The van der Waals surface area contributed by atoms with E-state index in [4.69, 9.17) is 5.73 Å². The van der Waals surface area contributed by atoms with Gasteiger partial charge in [-0.1, -0.05) is 0 Å². The first-order valence-corrected chi connectivity index (χ1v) is 4.73. The number of nitrogens with two attached hydrogens (primary N) is 1. The second-order valence-electron chi connectivity index (χ2n) is 3.24. The molecule has 0 atom stereocenters. The van der Waals surface area contributed by atoms with Crippen molar-refractivity contribution in [2.24, 2.45) is 5.73 Å². The van der Waals surface area contributed by atoms with Crippen LogP contribution in [0.15, 0.2) is 30.7 Å². The van der Waals surface area contributed by atoms with Gasteiger partial charge in [-0.25, -0.2) is 0 Å². The largest absolute Gasteiger partial charge is 0.364 e. The molecule has 4 N–H and O–H groups in total. The maximum absolute atomic E-state index is 11.7. The molecule has 86 valence electrons. The predicted molar refractivity (Wildman–Crippen MR) is 59.3 cm³/mol. The van der Waals surface area contributed by atoms with Gasteiger partial charge in [-0.2, -0.15) is 5.10 Å². The number of H-pyrrole nitrogens is 1. The van der Waals surface area contributed by atoms with Gasteiger partial charge in [0.05, 0.1) is 17.4 Å². The Balaban J connectivity index is 2.12. The van der Waals surface area contributed by atoms with Crippen molar-refractivity contribution in [1.29, 1.82) is 0 Å². The number of pyridine rings is 1. The fraction of sp³-hybridized carbons (Fsp3) is 0. The van der Waals surface area contributed by atoms with E-state index in [1.807, 2.05) is 0 Å². The molecule has 7 heteroatoms. The maximum Gasteiger partial charge on any atom is 0.267 e. The Bertz CT molecular complexity index is 532. The van der Waals surface area contributed by atoms with Crippen LogP contribution < -0.4 is 11.1 Å². The third kappa shape index (κ3) is 2.46. The summed E-state index contributed by atoms with van der Waals surface area (Å²) in [6.45, 7) is 0. The van der Waals surface area contributed by atoms with Crippen molar-refractivity contribution in [2.75, 3.05) is 5.32 Å². The molecule has 0 spiro atoms. The molecule has 0 saturated heterocycles. The number of aromatic nitrogens is 3. The fourth-order valence-electron chi connectivity index (χ4n) is 1.20. The minimum absolute atomic E-state index is 0.116. The SMILES string of the molecule is NC(=O)c1ccc(C(=O)Nc2cn[nH]c2)cn1. The predicted octanol–water partition coefficient (Wildman–Crippen LogP) is 0.156. The Morgan fingerprint density at radius 2 is 2.12 bits per heavy atom. The molecule has 0 fully saturated rings. The first-order chi connectivity index (χ1) is 8.16. The number of rotatable bonds is 3. The van der Waals surface area contributed by atoms with Crippen LogP contribution in [0.3, 0.4) is 0 Å². The van der Waals surface area contributed by atoms with Crippen molar-refractivity contribution < 1.29 is 9.59 Å². The minimum Gasteiger partial charge on any atom is -0.364 e. The zero-order chi connectivity index (χ0) is 12.3. The first kappa shape index (κ1) is 10.8. The van der Waals surface area contributed by atoms with Crippen LogP contribution in [0.1, 0.15) is 20.8 Å². The quantitative estimate of drug-likeness (QED) is 0.697. The molecule has 0 radical (unpaired) electrons. The van der Waals surface area contributed by atoms with Gasteiger partial charge in [-0.15, -0.1) is 0 Å². The molecule has 0 unspecified atom stereocenters. The van der Waals surface area contributed by atoms with E-state index in [-0.39, 0.29) is 11.6 Å². The number of anilines is 1. The van der Waals surface area contributed by atoms with E-state index in [1.54, 1.807) is 6.20 Å². The third-order valence-electron chi connectivity index (χ3n) is 2.03. The zero-order valence-electron chi connectivity index (χ0n) is 8.68. The highest BCUT2D eigenvalue weighted by Gasteiger charge is 2.08. The van der Waals surface area contributed by atoms with E-state index < -0.39 is 5.91 Å². The van der Waals surface area contributed by atoms with Crippen molar-refractivity contribution in [1.82, 2.24) is 15.2 Å². The first-order valence-electron chi connectivity index (χ1n) is 4.73. The Hall–Kier alpha value is -2.70. The number of carbonyl (C=O) groups excluding carboxylic acids is 2. The van der Waals surface area contributed by atoms with Gasteiger partial charge in [-0.05, 0) is 12.1 Å². The molecular weight excluding hydrogens is 222 g/mol. The lowest BCUT2D eigenvalue weighted by Crippen LogP contribution is -2.15. The highest BCUT2D eigenvalue weighted by molar-refractivity contribution is 6.04. The van der Waals surface area contributed by atoms with E-state index in [0.29, 0.717) is 11.3 Å². The van der Waals surface area contributed by atoms with Crippen LogP contribution >= 0.6 is 0 Å². The van der Waals surface area contributed by atoms with Gasteiger partial charge >= 0.3 is 0 Å². The Kier molecular flexibility index (Phi) is 2.82. The molecule has 2 heterocycles. The van der Waals surface area contributed by atoms with Gasteiger partial charge in [0.2, 0.25) is 0 Å². The number of primary amides is 1. The molecular formula is C10H9N5O2. The second kappa shape index (κ2) is 4.44. The summed E-state index contributed by atoms with van der Waals surface area (Å²) in [5.41, 5.74) is 6.03. The average molecular weight is 231 g/mol. The Labute approximate surface area is 96.0 Å². The van der Waals surface area contributed by atoms with Crippen molar-refractivity contribution in [2.45, 2.75) is 0 Å². The maximum atomic E-state index is 11.7. The number of amides is 2. The summed E-state index contributed by atoms with van der Waals surface area (Å²) >= 11 is 0. The molecule has 2 rings (SSSR count). The highest BCUT2D eigenvalue weighted by Crippen LogP contribution is 2.06. The van der Waals surface area contributed by atoms with Crippen LogP contribution in [0.2, 0.25) is 0 Å². The summed E-state index contributed by atoms with van der Waals surface area (Å²) in [4.78, 5) is 26.2. The third-order valence-corrected chi connectivity index (χ3v) is 2.03. The molecule has 0 aliphatic carbocycles. The number of nitrogens with zero attached hydrogens (tertiary/aromatic N) is 2. The van der Waals surface area contributed by atoms with E-state index in [9.17, 15) is 9.59 Å². The van der Waals surface area contributed by atoms with Crippen molar-refractivity contribution in [3.8, 4) is 0 Å². The average Bonchev–Trinajstić information content (AvgIpc) is 2.82. The molecule has 0 saturated carbocycles. The zero-order valence-corrected chi connectivity index (χ0v) is 8.68. The number of nitrogens with one attached hydrogen (secondary N) is 2. The molecule has 0 aliphatic rings.